The van der Waals surface area contributed by atoms with Crippen LogP contribution in [-0.2, 0) is 9.59 Å². The van der Waals surface area contributed by atoms with Gasteiger partial charge in [-0.15, -0.1) is 0 Å². The third-order valence-corrected chi connectivity index (χ3v) is 4.53. The molecule has 8 heteroatoms. The molecule has 2 rings (SSSR count). The first-order valence-electron chi connectivity index (χ1n) is 9.31. The second kappa shape index (κ2) is 9.02. The highest BCUT2D eigenvalue weighted by Crippen LogP contribution is 2.26. The van der Waals surface area contributed by atoms with Crippen molar-refractivity contribution in [2.24, 2.45) is 5.73 Å². The van der Waals surface area contributed by atoms with E-state index in [1.54, 1.807) is 20.8 Å². The number of carboxylic acids is 1. The molecule has 0 heterocycles. The molecule has 0 aliphatic heterocycles. The van der Waals surface area contributed by atoms with Gasteiger partial charge >= 0.3 is 5.97 Å². The Labute approximate surface area is 173 Å². The van der Waals surface area contributed by atoms with Gasteiger partial charge in [-0.1, -0.05) is 12.1 Å². The fourth-order valence-corrected chi connectivity index (χ4v) is 3.22. The molecule has 0 aromatic heterocycles. The fourth-order valence-electron chi connectivity index (χ4n) is 3.22. The van der Waals surface area contributed by atoms with Crippen LogP contribution in [0.25, 0.3) is 11.1 Å². The van der Waals surface area contributed by atoms with Crippen LogP contribution in [0, 0.1) is 11.6 Å². The van der Waals surface area contributed by atoms with E-state index in [2.05, 4.69) is 0 Å². The Morgan fingerprint density at radius 1 is 1.00 bits per heavy atom. The lowest BCUT2D eigenvalue weighted by atomic mass is 9.97. The van der Waals surface area contributed by atoms with Crippen LogP contribution in [0.3, 0.4) is 0 Å². The van der Waals surface area contributed by atoms with Crippen LogP contribution in [0.5, 0.6) is 0 Å². The Kier molecular flexibility index (Phi) is 6.92. The molecule has 2 aromatic rings. The van der Waals surface area contributed by atoms with Gasteiger partial charge in [0.05, 0.1) is 0 Å². The van der Waals surface area contributed by atoms with Crippen LogP contribution < -0.4 is 5.73 Å². The molecule has 2 amide bonds. The third kappa shape index (κ3) is 5.62. The molecule has 3 N–H and O–H groups in total. The number of carbonyl (C=O) groups is 3. The second-order valence-corrected chi connectivity index (χ2v) is 7.94. The summed E-state index contributed by atoms with van der Waals surface area (Å²) in [6.07, 6.45) is -0.296. The molecule has 1 atom stereocenters. The molecule has 0 radical (unpaired) electrons. The van der Waals surface area contributed by atoms with Gasteiger partial charge in [0.15, 0.2) is 0 Å². The van der Waals surface area contributed by atoms with Crippen molar-refractivity contribution in [2.75, 3.05) is 0 Å². The van der Waals surface area contributed by atoms with Gasteiger partial charge in [-0.2, -0.15) is 0 Å². The lowest BCUT2D eigenvalue weighted by molar-refractivity contribution is -0.144. The van der Waals surface area contributed by atoms with Gasteiger partial charge in [0.1, 0.15) is 17.7 Å². The zero-order valence-electron chi connectivity index (χ0n) is 17.0. The van der Waals surface area contributed by atoms with Crippen molar-refractivity contribution in [1.82, 2.24) is 4.90 Å². The molecule has 0 fully saturated rings. The van der Waals surface area contributed by atoms with E-state index in [9.17, 15) is 28.3 Å². The monoisotopic (exact) mass is 418 g/mol. The van der Waals surface area contributed by atoms with Crippen LogP contribution in [0.1, 0.15) is 44.0 Å². The van der Waals surface area contributed by atoms with Crippen molar-refractivity contribution in [3.8, 4) is 11.1 Å². The average Bonchev–Trinajstić information content (AvgIpc) is 2.62. The molecular weight excluding hydrogens is 394 g/mol. The minimum absolute atomic E-state index is 0.117. The SMILES string of the molecule is CC(C)(C)N(C(=O)c1ccc(-c2cc(F)cc(F)c2)cc1)[C@@H](CCC(N)=O)C(=O)O. The van der Waals surface area contributed by atoms with E-state index in [-0.39, 0.29) is 18.4 Å². The molecule has 6 nitrogen and oxygen atoms in total. The standard InChI is InChI=1S/C22H24F2N2O4/c1-22(2,3)26(18(21(29)30)8-9-19(25)27)20(28)14-6-4-13(5-7-14)15-10-16(23)12-17(24)11-15/h4-7,10-12,18H,8-9H2,1-3H3,(H2,25,27)(H,29,30)/t18-/m0/s1. The number of halogens is 2. The Morgan fingerprint density at radius 2 is 1.53 bits per heavy atom. The number of hydrogen-bond acceptors (Lipinski definition) is 3. The van der Waals surface area contributed by atoms with Crippen molar-refractivity contribution in [2.45, 2.75) is 45.2 Å². The second-order valence-electron chi connectivity index (χ2n) is 7.94. The number of carboxylic acid groups (broad SMARTS) is 1. The highest BCUT2D eigenvalue weighted by molar-refractivity contribution is 5.97. The first-order chi connectivity index (χ1) is 13.9. The van der Waals surface area contributed by atoms with Gasteiger partial charge in [0, 0.05) is 23.6 Å². The predicted molar refractivity (Wildman–Crippen MR) is 108 cm³/mol. The van der Waals surface area contributed by atoms with Crippen LogP contribution in [0.2, 0.25) is 0 Å². The number of amides is 2. The molecule has 0 aliphatic carbocycles. The Morgan fingerprint density at radius 3 is 1.97 bits per heavy atom. The molecule has 0 bridgehead atoms. The van der Waals surface area contributed by atoms with E-state index < -0.39 is 41.0 Å². The summed E-state index contributed by atoms with van der Waals surface area (Å²) >= 11 is 0. The lowest BCUT2D eigenvalue weighted by Gasteiger charge is -2.40. The Bertz CT molecular complexity index is 932. The highest BCUT2D eigenvalue weighted by atomic mass is 19.1. The summed E-state index contributed by atoms with van der Waals surface area (Å²) in [7, 11) is 0. The smallest absolute Gasteiger partial charge is 0.326 e. The number of carbonyl (C=O) groups excluding carboxylic acids is 2. The highest BCUT2D eigenvalue weighted by Gasteiger charge is 2.37. The van der Waals surface area contributed by atoms with Crippen molar-refractivity contribution >= 4 is 17.8 Å². The quantitative estimate of drug-likeness (QED) is 0.718. The molecule has 0 aliphatic rings. The Hall–Kier alpha value is -3.29. The molecule has 0 unspecified atom stereocenters. The first-order valence-corrected chi connectivity index (χ1v) is 9.31. The maximum Gasteiger partial charge on any atom is 0.326 e. The molecule has 0 saturated carbocycles. The molecule has 30 heavy (non-hydrogen) atoms. The maximum absolute atomic E-state index is 13.5. The van der Waals surface area contributed by atoms with Crippen molar-refractivity contribution in [1.29, 1.82) is 0 Å². The van der Waals surface area contributed by atoms with Gasteiger partial charge < -0.3 is 15.7 Å². The number of nitrogens with two attached hydrogens (primary N) is 1. The maximum atomic E-state index is 13.5. The number of aliphatic carboxylic acids is 1. The molecule has 160 valence electrons. The summed E-state index contributed by atoms with van der Waals surface area (Å²) in [6.45, 7) is 5.07. The first kappa shape index (κ1) is 23.0. The summed E-state index contributed by atoms with van der Waals surface area (Å²) in [5.74, 6) is -3.89. The van der Waals surface area contributed by atoms with E-state index in [1.165, 1.54) is 41.3 Å². The van der Waals surface area contributed by atoms with E-state index in [0.29, 0.717) is 11.1 Å². The normalized spacial score (nSPS) is 12.3. The summed E-state index contributed by atoms with van der Waals surface area (Å²) in [6, 6.07) is 7.85. The third-order valence-electron chi connectivity index (χ3n) is 4.53. The van der Waals surface area contributed by atoms with E-state index in [0.717, 1.165) is 6.07 Å². The zero-order chi connectivity index (χ0) is 22.6. The summed E-state index contributed by atoms with van der Waals surface area (Å²) in [4.78, 5) is 37.3. The van der Waals surface area contributed by atoms with Crippen LogP contribution in [0.15, 0.2) is 42.5 Å². The van der Waals surface area contributed by atoms with Gasteiger partial charge in [-0.05, 0) is 62.6 Å². The van der Waals surface area contributed by atoms with Gasteiger partial charge in [0.2, 0.25) is 5.91 Å². The van der Waals surface area contributed by atoms with Crippen molar-refractivity contribution in [3.05, 3.63) is 59.7 Å². The minimum atomic E-state index is -1.25. The van der Waals surface area contributed by atoms with Crippen LogP contribution >= 0.6 is 0 Å². The van der Waals surface area contributed by atoms with Crippen molar-refractivity contribution < 1.29 is 28.3 Å². The van der Waals surface area contributed by atoms with Gasteiger partial charge in [-0.25, -0.2) is 13.6 Å². The average molecular weight is 418 g/mol. The van der Waals surface area contributed by atoms with Crippen LogP contribution in [0.4, 0.5) is 8.78 Å². The summed E-state index contributed by atoms with van der Waals surface area (Å²) < 4.78 is 26.9. The molecule has 0 saturated heterocycles. The van der Waals surface area contributed by atoms with Gasteiger partial charge in [-0.3, -0.25) is 9.59 Å². The number of benzene rings is 2. The van der Waals surface area contributed by atoms with Crippen molar-refractivity contribution in [3.63, 3.8) is 0 Å². The largest absolute Gasteiger partial charge is 0.480 e. The van der Waals surface area contributed by atoms with Gasteiger partial charge in [0.25, 0.3) is 5.91 Å². The molecule has 0 spiro atoms. The fraction of sp³-hybridized carbons (Fsp3) is 0.318. The predicted octanol–water partition coefficient (Wildman–Crippen LogP) is 3.59. The number of hydrogen-bond donors (Lipinski definition) is 2. The van der Waals surface area contributed by atoms with E-state index in [1.807, 2.05) is 0 Å². The Balaban J connectivity index is 2.38. The number of primary amides is 1. The minimum Gasteiger partial charge on any atom is -0.480 e. The topological polar surface area (TPSA) is 101 Å². The summed E-state index contributed by atoms with van der Waals surface area (Å²) in [5, 5.41) is 9.64. The number of rotatable bonds is 7. The van der Waals surface area contributed by atoms with E-state index in [4.69, 9.17) is 5.73 Å². The lowest BCUT2D eigenvalue weighted by Crippen LogP contribution is -2.54. The van der Waals surface area contributed by atoms with E-state index >= 15 is 0 Å². The zero-order valence-corrected chi connectivity index (χ0v) is 17.0. The van der Waals surface area contributed by atoms with Crippen LogP contribution in [-0.4, -0.2) is 39.4 Å². The summed E-state index contributed by atoms with van der Waals surface area (Å²) in [5.41, 5.74) is 5.29. The molecular formula is C22H24F2N2O4. The molecule has 2 aromatic carbocycles. The number of nitrogens with zero attached hydrogens (tertiary/aromatic N) is 1.